The molecule has 0 radical (unpaired) electrons. The van der Waals surface area contributed by atoms with Gasteiger partial charge in [0, 0.05) is 4.47 Å². The SMILES string of the molecule is CCOc1cc(C=C2C(=O)N(c3ccccc3)C(=S)N(c3ccccc3)C2=O)c(Br)c(Br)c1O. The summed E-state index contributed by atoms with van der Waals surface area (Å²) < 4.78 is 6.32. The van der Waals surface area contributed by atoms with E-state index in [1.807, 2.05) is 12.1 Å². The number of carbonyl (C=O) groups excluding carboxylic acids is 2. The van der Waals surface area contributed by atoms with Crippen LogP contribution in [0.1, 0.15) is 12.5 Å². The van der Waals surface area contributed by atoms with E-state index in [0.29, 0.717) is 32.5 Å². The third-order valence-corrected chi connectivity index (χ3v) is 7.58. The number of thiocarbonyl (C=S) groups is 1. The van der Waals surface area contributed by atoms with Gasteiger partial charge in [0.15, 0.2) is 16.6 Å². The fraction of sp³-hybridized carbons (Fsp3) is 0.0800. The number of rotatable bonds is 5. The van der Waals surface area contributed by atoms with E-state index in [1.165, 1.54) is 15.9 Å². The molecule has 1 saturated heterocycles. The van der Waals surface area contributed by atoms with Gasteiger partial charge in [0.2, 0.25) is 0 Å². The molecule has 6 nitrogen and oxygen atoms in total. The molecule has 172 valence electrons. The molecule has 0 aromatic heterocycles. The van der Waals surface area contributed by atoms with Crippen LogP contribution in [-0.2, 0) is 9.59 Å². The van der Waals surface area contributed by atoms with E-state index in [4.69, 9.17) is 17.0 Å². The molecule has 0 bridgehead atoms. The Balaban J connectivity index is 1.91. The van der Waals surface area contributed by atoms with E-state index < -0.39 is 11.8 Å². The van der Waals surface area contributed by atoms with Gasteiger partial charge in [-0.15, -0.1) is 0 Å². The van der Waals surface area contributed by atoms with Crippen LogP contribution in [0, 0.1) is 0 Å². The summed E-state index contributed by atoms with van der Waals surface area (Å²) in [6.07, 6.45) is 1.47. The fourth-order valence-electron chi connectivity index (χ4n) is 3.48. The fourth-order valence-corrected chi connectivity index (χ4v) is 4.69. The van der Waals surface area contributed by atoms with Crippen LogP contribution in [0.25, 0.3) is 6.08 Å². The third kappa shape index (κ3) is 4.38. The summed E-state index contributed by atoms with van der Waals surface area (Å²) in [4.78, 5) is 29.9. The summed E-state index contributed by atoms with van der Waals surface area (Å²) in [5.74, 6) is -0.976. The first-order valence-corrected chi connectivity index (χ1v) is 12.2. The van der Waals surface area contributed by atoms with Crippen molar-refractivity contribution < 1.29 is 19.4 Å². The first-order chi connectivity index (χ1) is 16.3. The zero-order valence-corrected chi connectivity index (χ0v) is 21.9. The summed E-state index contributed by atoms with van der Waals surface area (Å²) >= 11 is 12.4. The topological polar surface area (TPSA) is 70.1 Å². The molecular weight excluding hydrogens is 584 g/mol. The standard InChI is InChI=1S/C25H18Br2N2O4S/c1-2-33-19-14-15(20(26)21(27)22(19)30)13-18-23(31)28(16-9-5-3-6-10-16)25(34)29(24(18)32)17-11-7-4-8-12-17/h3-14,30H,2H2,1H3. The van der Waals surface area contributed by atoms with Crippen molar-refractivity contribution in [2.75, 3.05) is 16.4 Å². The number of benzene rings is 3. The van der Waals surface area contributed by atoms with E-state index in [0.717, 1.165) is 0 Å². The average Bonchev–Trinajstić information content (AvgIpc) is 2.84. The number of hydrogen-bond donors (Lipinski definition) is 1. The largest absolute Gasteiger partial charge is 0.503 e. The minimum absolute atomic E-state index is 0.0607. The van der Waals surface area contributed by atoms with Crippen LogP contribution in [0.2, 0.25) is 0 Å². The van der Waals surface area contributed by atoms with Gasteiger partial charge in [-0.05, 0) is 93.0 Å². The molecule has 3 aromatic rings. The first kappa shape index (κ1) is 24.1. The molecule has 0 spiro atoms. The monoisotopic (exact) mass is 600 g/mol. The van der Waals surface area contributed by atoms with Gasteiger partial charge in [0.05, 0.1) is 22.5 Å². The second-order valence-electron chi connectivity index (χ2n) is 7.17. The highest BCUT2D eigenvalue weighted by Gasteiger charge is 2.41. The van der Waals surface area contributed by atoms with Crippen molar-refractivity contribution in [2.24, 2.45) is 0 Å². The highest BCUT2D eigenvalue weighted by Crippen LogP contribution is 2.43. The zero-order valence-electron chi connectivity index (χ0n) is 17.9. The number of aromatic hydroxyl groups is 1. The maximum atomic E-state index is 13.6. The minimum Gasteiger partial charge on any atom is -0.503 e. The van der Waals surface area contributed by atoms with Crippen LogP contribution < -0.4 is 14.5 Å². The molecule has 0 unspecified atom stereocenters. The second kappa shape index (κ2) is 10.1. The maximum absolute atomic E-state index is 13.6. The lowest BCUT2D eigenvalue weighted by Crippen LogP contribution is -2.56. The Morgan fingerprint density at radius 3 is 1.88 bits per heavy atom. The number of carbonyl (C=O) groups is 2. The van der Waals surface area contributed by atoms with Crippen LogP contribution in [0.4, 0.5) is 11.4 Å². The molecule has 1 fully saturated rings. The molecule has 1 heterocycles. The number of amides is 2. The molecule has 1 aliphatic rings. The summed E-state index contributed by atoms with van der Waals surface area (Å²) in [6.45, 7) is 2.12. The lowest BCUT2D eigenvalue weighted by atomic mass is 10.0. The Morgan fingerprint density at radius 1 is 0.912 bits per heavy atom. The number of nitrogens with zero attached hydrogens (tertiary/aromatic N) is 2. The Bertz CT molecular complexity index is 1250. The number of phenols is 1. The van der Waals surface area contributed by atoms with Crippen LogP contribution in [0.5, 0.6) is 11.5 Å². The predicted molar refractivity (Wildman–Crippen MR) is 143 cm³/mol. The summed E-state index contributed by atoms with van der Waals surface area (Å²) in [6, 6.07) is 19.4. The number of hydrogen-bond acceptors (Lipinski definition) is 5. The Labute approximate surface area is 218 Å². The Kier molecular flexibility index (Phi) is 7.16. The van der Waals surface area contributed by atoms with Gasteiger partial charge >= 0.3 is 0 Å². The van der Waals surface area contributed by atoms with Gasteiger partial charge in [0.25, 0.3) is 11.8 Å². The lowest BCUT2D eigenvalue weighted by Gasteiger charge is -2.36. The summed E-state index contributed by atoms with van der Waals surface area (Å²) in [5, 5.41) is 10.4. The number of halogens is 2. The second-order valence-corrected chi connectivity index (χ2v) is 9.12. The van der Waals surface area contributed by atoms with Gasteiger partial charge < -0.3 is 9.84 Å². The summed E-state index contributed by atoms with van der Waals surface area (Å²) in [5.41, 5.74) is 1.45. The van der Waals surface area contributed by atoms with E-state index >= 15 is 0 Å². The first-order valence-electron chi connectivity index (χ1n) is 10.2. The van der Waals surface area contributed by atoms with E-state index in [1.54, 1.807) is 61.5 Å². The van der Waals surface area contributed by atoms with Crippen molar-refractivity contribution in [3.8, 4) is 11.5 Å². The van der Waals surface area contributed by atoms with Crippen LogP contribution >= 0.6 is 44.1 Å². The zero-order chi connectivity index (χ0) is 24.4. The molecule has 0 aliphatic carbocycles. The lowest BCUT2D eigenvalue weighted by molar-refractivity contribution is -0.120. The highest BCUT2D eigenvalue weighted by atomic mass is 79.9. The molecule has 0 saturated carbocycles. The van der Waals surface area contributed by atoms with Gasteiger partial charge in [-0.3, -0.25) is 19.4 Å². The molecule has 9 heteroatoms. The number of para-hydroxylation sites is 2. The maximum Gasteiger partial charge on any atom is 0.270 e. The highest BCUT2D eigenvalue weighted by molar-refractivity contribution is 9.13. The minimum atomic E-state index is -0.553. The number of anilines is 2. The van der Waals surface area contributed by atoms with Gasteiger partial charge in [-0.25, -0.2) is 0 Å². The normalized spacial score (nSPS) is 14.0. The molecule has 4 rings (SSSR count). The van der Waals surface area contributed by atoms with E-state index in [9.17, 15) is 14.7 Å². The van der Waals surface area contributed by atoms with Crippen LogP contribution in [0.15, 0.2) is 81.2 Å². The van der Waals surface area contributed by atoms with Crippen LogP contribution in [0.3, 0.4) is 0 Å². The van der Waals surface area contributed by atoms with Crippen molar-refractivity contribution in [3.05, 3.63) is 86.8 Å². The van der Waals surface area contributed by atoms with Crippen molar-refractivity contribution in [1.82, 2.24) is 0 Å². The molecular formula is C25H18Br2N2O4S. The molecule has 1 N–H and O–H groups in total. The van der Waals surface area contributed by atoms with Crippen molar-refractivity contribution in [1.29, 1.82) is 0 Å². The van der Waals surface area contributed by atoms with Crippen molar-refractivity contribution >= 4 is 78.5 Å². The summed E-state index contributed by atoms with van der Waals surface area (Å²) in [7, 11) is 0. The third-order valence-electron chi connectivity index (χ3n) is 5.05. The van der Waals surface area contributed by atoms with E-state index in [-0.39, 0.29) is 22.2 Å². The Hall–Kier alpha value is -3.01. The molecule has 3 aromatic carbocycles. The van der Waals surface area contributed by atoms with Gasteiger partial charge in [0.1, 0.15) is 5.57 Å². The molecule has 34 heavy (non-hydrogen) atoms. The molecule has 0 atom stereocenters. The smallest absolute Gasteiger partial charge is 0.270 e. The predicted octanol–water partition coefficient (Wildman–Crippen LogP) is 6.06. The van der Waals surface area contributed by atoms with Gasteiger partial charge in [-0.1, -0.05) is 36.4 Å². The number of ether oxygens (including phenoxy) is 1. The van der Waals surface area contributed by atoms with Crippen molar-refractivity contribution in [2.45, 2.75) is 6.92 Å². The molecule has 1 aliphatic heterocycles. The quantitative estimate of drug-likeness (QED) is 0.219. The molecule has 2 amide bonds. The Morgan fingerprint density at radius 2 is 1.41 bits per heavy atom. The number of phenolic OH excluding ortho intramolecular Hbond substituents is 1. The van der Waals surface area contributed by atoms with Gasteiger partial charge in [-0.2, -0.15) is 0 Å². The van der Waals surface area contributed by atoms with Crippen molar-refractivity contribution in [3.63, 3.8) is 0 Å². The average molecular weight is 602 g/mol. The van der Waals surface area contributed by atoms with E-state index in [2.05, 4.69) is 31.9 Å². The van der Waals surface area contributed by atoms with Crippen LogP contribution in [-0.4, -0.2) is 28.6 Å².